The maximum Gasteiger partial charge on any atom is 0.317 e. The number of nitrogens with one attached hydrogen (secondary N) is 1. The van der Waals surface area contributed by atoms with Crippen LogP contribution in [-0.2, 0) is 4.79 Å². The Hall–Kier alpha value is -2.37. The monoisotopic (exact) mass is 360 g/mol. The van der Waals surface area contributed by atoms with Crippen molar-refractivity contribution in [2.75, 3.05) is 13.1 Å². The number of halogens is 1. The van der Waals surface area contributed by atoms with E-state index in [2.05, 4.69) is 11.4 Å². The van der Waals surface area contributed by atoms with Crippen molar-refractivity contribution >= 4 is 17.6 Å². The Bertz CT molecular complexity index is 702. The van der Waals surface area contributed by atoms with Gasteiger partial charge in [0.2, 0.25) is 0 Å². The quantitative estimate of drug-likeness (QED) is 0.867. The van der Waals surface area contributed by atoms with Crippen molar-refractivity contribution in [3.63, 3.8) is 0 Å². The summed E-state index contributed by atoms with van der Waals surface area (Å²) in [6.45, 7) is 2.85. The number of urea groups is 1. The fourth-order valence-electron chi connectivity index (χ4n) is 3.85. The maximum atomic E-state index is 13.0. The molecule has 1 aliphatic carbocycles. The first kappa shape index (κ1) is 18.4. The van der Waals surface area contributed by atoms with Crippen LogP contribution in [0.1, 0.15) is 38.2 Å². The zero-order valence-corrected chi connectivity index (χ0v) is 15.0. The van der Waals surface area contributed by atoms with Gasteiger partial charge in [0.1, 0.15) is 5.82 Å². The first-order valence-corrected chi connectivity index (χ1v) is 9.15. The van der Waals surface area contributed by atoms with E-state index >= 15 is 0 Å². The first-order chi connectivity index (χ1) is 12.4. The minimum atomic E-state index is -0.834. The van der Waals surface area contributed by atoms with Crippen LogP contribution < -0.4 is 5.32 Å². The Morgan fingerprint density at radius 1 is 1.23 bits per heavy atom. The lowest BCUT2D eigenvalue weighted by Gasteiger charge is -2.36. The molecule has 0 spiro atoms. The summed E-state index contributed by atoms with van der Waals surface area (Å²) in [7, 11) is 0. The van der Waals surface area contributed by atoms with Crippen molar-refractivity contribution < 1.29 is 19.1 Å². The van der Waals surface area contributed by atoms with Crippen LogP contribution in [0.2, 0.25) is 0 Å². The molecule has 1 saturated heterocycles. The van der Waals surface area contributed by atoms with Gasteiger partial charge in [-0.1, -0.05) is 25.1 Å². The number of benzene rings is 1. The summed E-state index contributed by atoms with van der Waals surface area (Å²) < 4.78 is 13.0. The second kappa shape index (κ2) is 7.89. The van der Waals surface area contributed by atoms with Gasteiger partial charge in [0, 0.05) is 19.1 Å². The number of aliphatic carboxylic acids is 1. The van der Waals surface area contributed by atoms with Crippen LogP contribution in [0, 0.1) is 17.7 Å². The molecule has 2 N–H and O–H groups in total. The van der Waals surface area contributed by atoms with Gasteiger partial charge in [-0.15, -0.1) is 0 Å². The number of carboxylic acid groups (broad SMARTS) is 1. The van der Waals surface area contributed by atoms with E-state index in [4.69, 9.17) is 0 Å². The third-order valence-electron chi connectivity index (χ3n) is 5.25. The van der Waals surface area contributed by atoms with E-state index in [0.717, 1.165) is 24.8 Å². The molecule has 0 saturated carbocycles. The number of hydrogen-bond acceptors (Lipinski definition) is 2. The SMILES string of the molecule is CC1CC(C(=O)O)CN(C(=O)NC2CC=C(c3ccc(F)cc3)CC2)C1. The summed E-state index contributed by atoms with van der Waals surface area (Å²) in [5.74, 6) is -1.38. The van der Waals surface area contributed by atoms with Gasteiger partial charge in [-0.3, -0.25) is 4.79 Å². The third kappa shape index (κ3) is 4.42. The van der Waals surface area contributed by atoms with E-state index < -0.39 is 11.9 Å². The van der Waals surface area contributed by atoms with Gasteiger partial charge in [0.15, 0.2) is 0 Å². The lowest BCUT2D eigenvalue weighted by atomic mass is 9.90. The van der Waals surface area contributed by atoms with Crippen molar-refractivity contribution in [3.05, 3.63) is 41.7 Å². The molecule has 0 bridgehead atoms. The molecule has 1 aliphatic heterocycles. The van der Waals surface area contributed by atoms with E-state index in [9.17, 15) is 19.1 Å². The molecule has 26 heavy (non-hydrogen) atoms. The minimum absolute atomic E-state index is 0.0483. The highest BCUT2D eigenvalue weighted by atomic mass is 19.1. The predicted molar refractivity (Wildman–Crippen MR) is 97.0 cm³/mol. The van der Waals surface area contributed by atoms with E-state index in [1.54, 1.807) is 17.0 Å². The van der Waals surface area contributed by atoms with Crippen LogP contribution in [0.25, 0.3) is 5.57 Å². The van der Waals surface area contributed by atoms with E-state index in [-0.39, 0.29) is 30.4 Å². The van der Waals surface area contributed by atoms with Gasteiger partial charge in [0.05, 0.1) is 5.92 Å². The maximum absolute atomic E-state index is 13.0. The van der Waals surface area contributed by atoms with Gasteiger partial charge in [0.25, 0.3) is 0 Å². The van der Waals surface area contributed by atoms with Gasteiger partial charge in [-0.2, -0.15) is 0 Å². The molecule has 3 rings (SSSR count). The van der Waals surface area contributed by atoms with E-state index in [0.29, 0.717) is 13.0 Å². The number of nitrogens with zero attached hydrogens (tertiary/aromatic N) is 1. The van der Waals surface area contributed by atoms with Crippen LogP contribution in [-0.4, -0.2) is 41.1 Å². The molecule has 1 fully saturated rings. The fraction of sp³-hybridized carbons (Fsp3) is 0.500. The van der Waals surface area contributed by atoms with Gasteiger partial charge >= 0.3 is 12.0 Å². The Morgan fingerprint density at radius 3 is 2.58 bits per heavy atom. The number of carbonyl (C=O) groups is 2. The zero-order valence-electron chi connectivity index (χ0n) is 15.0. The second-order valence-corrected chi connectivity index (χ2v) is 7.44. The summed E-state index contributed by atoms with van der Waals surface area (Å²) >= 11 is 0. The van der Waals surface area contributed by atoms with Crippen LogP contribution in [0.4, 0.5) is 9.18 Å². The lowest BCUT2D eigenvalue weighted by molar-refractivity contribution is -0.143. The number of piperidine rings is 1. The number of amides is 2. The molecule has 0 aromatic heterocycles. The summed E-state index contributed by atoms with van der Waals surface area (Å²) in [5, 5.41) is 12.3. The van der Waals surface area contributed by atoms with Crippen molar-refractivity contribution in [3.8, 4) is 0 Å². The second-order valence-electron chi connectivity index (χ2n) is 7.44. The molecule has 6 heteroatoms. The molecular formula is C20H25FN2O3. The topological polar surface area (TPSA) is 69.6 Å². The van der Waals surface area contributed by atoms with Gasteiger partial charge in [-0.05, 0) is 54.9 Å². The molecule has 2 amide bonds. The molecule has 0 radical (unpaired) electrons. The Balaban J connectivity index is 1.56. The Kier molecular flexibility index (Phi) is 5.59. The standard InChI is InChI=1S/C20H25FN2O3/c1-13-10-16(19(24)25)12-23(11-13)20(26)22-18-8-4-15(5-9-18)14-2-6-17(21)7-3-14/h2-4,6-7,13,16,18H,5,8-12H2,1H3,(H,22,26)(H,24,25). The van der Waals surface area contributed by atoms with Crippen molar-refractivity contribution in [2.24, 2.45) is 11.8 Å². The number of likely N-dealkylation sites (tertiary alicyclic amines) is 1. The van der Waals surface area contributed by atoms with Crippen LogP contribution >= 0.6 is 0 Å². The minimum Gasteiger partial charge on any atom is -0.481 e. The fourth-order valence-corrected chi connectivity index (χ4v) is 3.85. The molecule has 1 aromatic rings. The zero-order chi connectivity index (χ0) is 18.7. The normalized spacial score (nSPS) is 26.2. The summed E-state index contributed by atoms with van der Waals surface area (Å²) in [6.07, 6.45) is 5.09. The summed E-state index contributed by atoms with van der Waals surface area (Å²) in [6, 6.07) is 6.35. The largest absolute Gasteiger partial charge is 0.481 e. The van der Waals surface area contributed by atoms with Gasteiger partial charge in [-0.25, -0.2) is 9.18 Å². The lowest BCUT2D eigenvalue weighted by Crippen LogP contribution is -2.51. The smallest absolute Gasteiger partial charge is 0.317 e. The first-order valence-electron chi connectivity index (χ1n) is 9.15. The molecule has 1 heterocycles. The van der Waals surface area contributed by atoms with Crippen molar-refractivity contribution in [1.29, 1.82) is 0 Å². The highest BCUT2D eigenvalue weighted by molar-refractivity contribution is 5.77. The van der Waals surface area contributed by atoms with Crippen molar-refractivity contribution in [1.82, 2.24) is 10.2 Å². The molecular weight excluding hydrogens is 335 g/mol. The number of hydrogen-bond donors (Lipinski definition) is 2. The van der Waals surface area contributed by atoms with Crippen LogP contribution in [0.15, 0.2) is 30.3 Å². The molecule has 140 valence electrons. The average Bonchev–Trinajstić information content (AvgIpc) is 2.62. The summed E-state index contributed by atoms with van der Waals surface area (Å²) in [5.41, 5.74) is 2.19. The third-order valence-corrected chi connectivity index (χ3v) is 5.25. The van der Waals surface area contributed by atoms with E-state index in [1.807, 2.05) is 6.92 Å². The highest BCUT2D eigenvalue weighted by Crippen LogP contribution is 2.28. The number of rotatable bonds is 3. The molecule has 1 aromatic carbocycles. The summed E-state index contributed by atoms with van der Waals surface area (Å²) in [4.78, 5) is 25.4. The molecule has 3 atom stereocenters. The number of carbonyl (C=O) groups excluding carboxylic acids is 1. The molecule has 5 nitrogen and oxygen atoms in total. The Labute approximate surface area is 152 Å². The highest BCUT2D eigenvalue weighted by Gasteiger charge is 2.32. The van der Waals surface area contributed by atoms with Crippen LogP contribution in [0.3, 0.4) is 0 Å². The van der Waals surface area contributed by atoms with Crippen LogP contribution in [0.5, 0.6) is 0 Å². The molecule has 3 unspecified atom stereocenters. The molecule has 2 aliphatic rings. The average molecular weight is 360 g/mol. The number of carboxylic acids is 1. The van der Waals surface area contributed by atoms with E-state index in [1.165, 1.54) is 17.7 Å². The number of allylic oxidation sites excluding steroid dienone is 1. The predicted octanol–water partition coefficient (Wildman–Crippen LogP) is 3.51. The Morgan fingerprint density at radius 2 is 1.96 bits per heavy atom. The van der Waals surface area contributed by atoms with Crippen molar-refractivity contribution in [2.45, 2.75) is 38.6 Å². The van der Waals surface area contributed by atoms with Gasteiger partial charge < -0.3 is 15.3 Å².